The van der Waals surface area contributed by atoms with Crippen LogP contribution in [-0.4, -0.2) is 41.1 Å². The molecule has 2 bridgehead atoms. The van der Waals surface area contributed by atoms with Crippen LogP contribution in [0.1, 0.15) is 65.7 Å². The quantitative estimate of drug-likeness (QED) is 0.682. The summed E-state index contributed by atoms with van der Waals surface area (Å²) >= 11 is 1.47. The van der Waals surface area contributed by atoms with Crippen molar-refractivity contribution in [1.82, 2.24) is 5.32 Å². The summed E-state index contributed by atoms with van der Waals surface area (Å²) < 4.78 is 5.73. The topological polar surface area (TPSA) is 105 Å². The Morgan fingerprint density at radius 2 is 1.69 bits per heavy atom. The predicted octanol–water partition coefficient (Wildman–Crippen LogP) is 2.73. The van der Waals surface area contributed by atoms with Gasteiger partial charge in [-0.25, -0.2) is 0 Å². The van der Waals surface area contributed by atoms with Gasteiger partial charge in [0.2, 0.25) is 5.91 Å². The van der Waals surface area contributed by atoms with Crippen molar-refractivity contribution in [2.24, 2.45) is 11.8 Å². The lowest BCUT2D eigenvalue weighted by Crippen LogP contribution is -2.41. The molecule has 4 aliphatic rings. The van der Waals surface area contributed by atoms with E-state index in [1.807, 2.05) is 0 Å². The number of hydrogen-bond donors (Lipinski definition) is 3. The Kier molecular flexibility index (Phi) is 4.86. The summed E-state index contributed by atoms with van der Waals surface area (Å²) in [6.07, 6.45) is 7.75. The summed E-state index contributed by atoms with van der Waals surface area (Å²) in [5, 5.41) is 16.2. The minimum Gasteiger partial charge on any atom is -0.481 e. The maximum atomic E-state index is 13.1. The van der Waals surface area contributed by atoms with E-state index in [4.69, 9.17) is 4.74 Å². The Hall–Kier alpha value is -1.93. The summed E-state index contributed by atoms with van der Waals surface area (Å²) in [4.78, 5) is 39.0. The van der Waals surface area contributed by atoms with Gasteiger partial charge in [0.25, 0.3) is 5.91 Å². The molecule has 1 aromatic heterocycles. The van der Waals surface area contributed by atoms with Crippen molar-refractivity contribution in [2.75, 3.05) is 5.32 Å². The van der Waals surface area contributed by atoms with Gasteiger partial charge in [0.15, 0.2) is 0 Å². The first-order valence-corrected chi connectivity index (χ1v) is 11.5. The Bertz CT molecular complexity index is 859. The number of carboxylic acids is 1. The molecule has 2 aliphatic carbocycles. The van der Waals surface area contributed by atoms with Crippen LogP contribution in [0.25, 0.3) is 0 Å². The van der Waals surface area contributed by atoms with Crippen molar-refractivity contribution in [3.05, 3.63) is 16.0 Å². The summed E-state index contributed by atoms with van der Waals surface area (Å²) in [7, 11) is 0. The normalized spacial score (nSPS) is 30.5. The molecule has 2 amide bonds. The van der Waals surface area contributed by atoms with Crippen LogP contribution in [0.5, 0.6) is 0 Å². The smallest absolute Gasteiger partial charge is 0.310 e. The number of hydrogen-bond acceptors (Lipinski definition) is 5. The third-order valence-electron chi connectivity index (χ3n) is 6.94. The van der Waals surface area contributed by atoms with Gasteiger partial charge < -0.3 is 20.5 Å². The maximum Gasteiger partial charge on any atom is 0.310 e. The molecule has 1 saturated carbocycles. The van der Waals surface area contributed by atoms with Gasteiger partial charge in [-0.2, -0.15) is 0 Å². The third kappa shape index (κ3) is 3.26. The zero-order valence-corrected chi connectivity index (χ0v) is 17.1. The fraction of sp³-hybridized carbons (Fsp3) is 0.667. The number of carboxylic acid groups (broad SMARTS) is 1. The molecular weight excluding hydrogens is 392 g/mol. The average molecular weight is 419 g/mol. The van der Waals surface area contributed by atoms with Gasteiger partial charge in [-0.1, -0.05) is 12.8 Å². The molecule has 2 aliphatic heterocycles. The number of carbonyl (C=O) groups excluding carboxylic acids is 2. The van der Waals surface area contributed by atoms with E-state index >= 15 is 0 Å². The molecule has 29 heavy (non-hydrogen) atoms. The first kappa shape index (κ1) is 19.1. The molecule has 2 saturated heterocycles. The van der Waals surface area contributed by atoms with Crippen molar-refractivity contribution >= 4 is 34.1 Å². The van der Waals surface area contributed by atoms with E-state index in [0.717, 1.165) is 55.4 Å². The Balaban J connectivity index is 1.39. The molecule has 3 N–H and O–H groups in total. The van der Waals surface area contributed by atoms with Crippen molar-refractivity contribution < 1.29 is 24.2 Å². The molecule has 3 fully saturated rings. The van der Waals surface area contributed by atoms with Gasteiger partial charge in [-0.3, -0.25) is 14.4 Å². The lowest BCUT2D eigenvalue weighted by molar-refractivity contribution is -0.147. The molecule has 4 atom stereocenters. The molecule has 5 rings (SSSR count). The zero-order chi connectivity index (χ0) is 20.1. The van der Waals surface area contributed by atoms with E-state index in [1.54, 1.807) is 0 Å². The van der Waals surface area contributed by atoms with E-state index < -0.39 is 17.8 Å². The molecule has 8 heteroatoms. The highest BCUT2D eigenvalue weighted by Gasteiger charge is 2.55. The molecule has 0 spiro atoms. The number of aliphatic carboxylic acids is 1. The molecule has 156 valence electrons. The van der Waals surface area contributed by atoms with E-state index in [0.29, 0.717) is 23.4 Å². The molecule has 1 aromatic rings. The van der Waals surface area contributed by atoms with Crippen molar-refractivity contribution in [3.8, 4) is 0 Å². The molecule has 0 aromatic carbocycles. The van der Waals surface area contributed by atoms with Crippen molar-refractivity contribution in [2.45, 2.75) is 76.0 Å². The second kappa shape index (κ2) is 7.40. The molecule has 0 radical (unpaired) electrons. The number of rotatable bonds is 5. The van der Waals surface area contributed by atoms with Crippen molar-refractivity contribution in [1.29, 1.82) is 0 Å². The van der Waals surface area contributed by atoms with Crippen LogP contribution < -0.4 is 10.6 Å². The molecule has 3 heterocycles. The molecule has 7 nitrogen and oxygen atoms in total. The van der Waals surface area contributed by atoms with Crippen LogP contribution in [0.4, 0.5) is 5.00 Å². The number of nitrogens with one attached hydrogen (secondary N) is 2. The maximum absolute atomic E-state index is 13.1. The van der Waals surface area contributed by atoms with Crippen molar-refractivity contribution in [3.63, 3.8) is 0 Å². The average Bonchev–Trinajstić information content (AvgIpc) is 3.46. The number of amides is 2. The number of carbonyl (C=O) groups is 3. The first-order chi connectivity index (χ1) is 14.0. The monoisotopic (exact) mass is 418 g/mol. The van der Waals surface area contributed by atoms with Crippen LogP contribution in [0, 0.1) is 11.8 Å². The van der Waals surface area contributed by atoms with Gasteiger partial charge >= 0.3 is 5.97 Å². The summed E-state index contributed by atoms with van der Waals surface area (Å²) in [6.45, 7) is 0. The number of fused-ring (bicyclic) bond motifs is 3. The Labute approximate surface area is 173 Å². The largest absolute Gasteiger partial charge is 0.481 e. The number of aryl methyl sites for hydroxylation is 1. The second-order valence-corrected chi connectivity index (χ2v) is 9.79. The standard InChI is InChI=1S/C21H26N2O5S/c24-18(22-10-4-1-2-5-10)15-11-6-3-7-14(11)29-20(15)23-19(25)16-12-8-9-13(28-12)17(16)21(26)27/h10,12-13,16-17H,1-9H2,(H,22,24)(H,23,25)(H,26,27)/t12-,13+,16+,17-/m1/s1. The van der Waals surface area contributed by atoms with Crippen LogP contribution in [0.2, 0.25) is 0 Å². The van der Waals surface area contributed by atoms with Crippen LogP contribution >= 0.6 is 11.3 Å². The predicted molar refractivity (Wildman–Crippen MR) is 107 cm³/mol. The second-order valence-electron chi connectivity index (χ2n) is 8.69. The summed E-state index contributed by atoms with van der Waals surface area (Å²) in [5.74, 6) is -2.93. The number of anilines is 1. The minimum absolute atomic E-state index is 0.106. The van der Waals surface area contributed by atoms with E-state index in [9.17, 15) is 19.5 Å². The number of thiophene rings is 1. The van der Waals surface area contributed by atoms with Gasteiger partial charge in [0.1, 0.15) is 5.00 Å². The van der Waals surface area contributed by atoms with Crippen LogP contribution in [-0.2, 0) is 27.2 Å². The van der Waals surface area contributed by atoms with E-state index in [2.05, 4.69) is 10.6 Å². The Morgan fingerprint density at radius 3 is 2.41 bits per heavy atom. The highest BCUT2D eigenvalue weighted by atomic mass is 32.1. The summed E-state index contributed by atoms with van der Waals surface area (Å²) in [5.41, 5.74) is 1.65. The van der Waals surface area contributed by atoms with E-state index in [1.165, 1.54) is 11.3 Å². The highest BCUT2D eigenvalue weighted by molar-refractivity contribution is 7.17. The minimum atomic E-state index is -0.981. The number of ether oxygens (including phenoxy) is 1. The van der Waals surface area contributed by atoms with Gasteiger partial charge in [-0.05, 0) is 50.5 Å². The van der Waals surface area contributed by atoms with Gasteiger partial charge in [-0.15, -0.1) is 11.3 Å². The SMILES string of the molecule is O=C(NC1CCCC1)c1c(NC(=O)[C@@H]2[C@H](C(=O)O)[C@@H]3CC[C@H]2O3)sc2c1CCC2. The van der Waals surface area contributed by atoms with Gasteiger partial charge in [0.05, 0.1) is 29.6 Å². The fourth-order valence-electron chi connectivity index (χ4n) is 5.58. The van der Waals surface area contributed by atoms with Crippen LogP contribution in [0.15, 0.2) is 0 Å². The zero-order valence-electron chi connectivity index (χ0n) is 16.2. The fourth-order valence-corrected chi connectivity index (χ4v) is 6.87. The van der Waals surface area contributed by atoms with Gasteiger partial charge in [0, 0.05) is 10.9 Å². The first-order valence-electron chi connectivity index (χ1n) is 10.7. The van der Waals surface area contributed by atoms with E-state index in [-0.39, 0.29) is 30.1 Å². The lowest BCUT2D eigenvalue weighted by Gasteiger charge is -2.24. The van der Waals surface area contributed by atoms with Crippen LogP contribution in [0.3, 0.4) is 0 Å². The molecular formula is C21H26N2O5S. The highest BCUT2D eigenvalue weighted by Crippen LogP contribution is 2.45. The lowest BCUT2D eigenvalue weighted by atomic mass is 9.79. The summed E-state index contributed by atoms with van der Waals surface area (Å²) in [6, 6.07) is 0.207. The Morgan fingerprint density at radius 1 is 0.966 bits per heavy atom. The third-order valence-corrected chi connectivity index (χ3v) is 8.14. The molecule has 0 unspecified atom stereocenters.